The van der Waals surface area contributed by atoms with Crippen molar-refractivity contribution < 1.29 is 14.3 Å². The summed E-state index contributed by atoms with van der Waals surface area (Å²) in [7, 11) is 1.56. The van der Waals surface area contributed by atoms with Crippen LogP contribution in [-0.4, -0.2) is 60.8 Å². The Morgan fingerprint density at radius 1 is 1.39 bits per heavy atom. The Morgan fingerprint density at radius 3 is 2.65 bits per heavy atom. The molecule has 0 spiro atoms. The molecule has 0 saturated carbocycles. The fraction of sp³-hybridized carbons (Fsp3) is 0.500. The summed E-state index contributed by atoms with van der Waals surface area (Å²) in [6, 6.07) is 1.81. The van der Waals surface area contributed by atoms with Crippen molar-refractivity contribution in [2.75, 3.05) is 39.9 Å². The van der Waals surface area contributed by atoms with Gasteiger partial charge in [0.25, 0.3) is 0 Å². The number of pyridine rings is 1. The van der Waals surface area contributed by atoms with E-state index >= 15 is 0 Å². The van der Waals surface area contributed by atoms with Crippen LogP contribution >= 0.6 is 11.6 Å². The Morgan fingerprint density at radius 2 is 2.09 bits per heavy atom. The maximum Gasteiger partial charge on any atom is 0.410 e. The van der Waals surface area contributed by atoms with Crippen LogP contribution in [0.1, 0.15) is 12.6 Å². The van der Waals surface area contributed by atoms with Crippen LogP contribution in [-0.2, 0) is 11.3 Å². The van der Waals surface area contributed by atoms with Crippen molar-refractivity contribution in [3.8, 4) is 5.75 Å². The van der Waals surface area contributed by atoms with Crippen LogP contribution in [0.5, 0.6) is 5.75 Å². The molecular formula is C16H22ClN3O3. The van der Waals surface area contributed by atoms with Gasteiger partial charge in [-0.1, -0.05) is 18.2 Å². The number of rotatable bonds is 5. The van der Waals surface area contributed by atoms with Crippen LogP contribution in [0.25, 0.3) is 0 Å². The summed E-state index contributed by atoms with van der Waals surface area (Å²) in [5, 5.41) is 0.555. The molecule has 0 aromatic carbocycles. The van der Waals surface area contributed by atoms with Crippen LogP contribution in [0.4, 0.5) is 4.79 Å². The highest BCUT2D eigenvalue weighted by Crippen LogP contribution is 2.23. The van der Waals surface area contributed by atoms with Gasteiger partial charge in [0.1, 0.15) is 6.61 Å². The number of methoxy groups -OCH3 is 1. The molecule has 6 nitrogen and oxygen atoms in total. The quantitative estimate of drug-likeness (QED) is 0.772. The molecule has 1 aromatic heterocycles. The van der Waals surface area contributed by atoms with E-state index in [4.69, 9.17) is 21.1 Å². The zero-order chi connectivity index (χ0) is 16.8. The summed E-state index contributed by atoms with van der Waals surface area (Å²) in [6.07, 6.45) is 1.35. The third-order valence-corrected chi connectivity index (χ3v) is 3.85. The van der Waals surface area contributed by atoms with Crippen LogP contribution < -0.4 is 4.74 Å². The fourth-order valence-corrected chi connectivity index (χ4v) is 2.54. The maximum absolute atomic E-state index is 11.9. The second-order valence-corrected chi connectivity index (χ2v) is 5.99. The van der Waals surface area contributed by atoms with Crippen LogP contribution in [0.2, 0.25) is 5.02 Å². The molecule has 2 heterocycles. The van der Waals surface area contributed by atoms with Crippen molar-refractivity contribution >= 4 is 17.7 Å². The molecule has 7 heteroatoms. The molecule has 1 aliphatic rings. The number of halogens is 1. The highest BCUT2D eigenvalue weighted by atomic mass is 35.5. The standard InChI is InChI=1S/C16H22ClN3O3/c1-12(2)11-23-16(21)20-6-4-19(5-7-20)10-13-8-14(17)15(22-3)9-18-13/h8-9H,1,4-7,10-11H2,2-3H3. The third-order valence-electron chi connectivity index (χ3n) is 3.55. The lowest BCUT2D eigenvalue weighted by Crippen LogP contribution is -2.48. The van der Waals surface area contributed by atoms with E-state index in [1.807, 2.05) is 13.0 Å². The average Bonchev–Trinajstić information content (AvgIpc) is 2.53. The lowest BCUT2D eigenvalue weighted by atomic mass is 10.2. The molecular weight excluding hydrogens is 318 g/mol. The number of ether oxygens (including phenoxy) is 2. The van der Waals surface area contributed by atoms with E-state index in [2.05, 4.69) is 16.5 Å². The second kappa shape index (κ2) is 8.17. The first-order chi connectivity index (χ1) is 11.0. The molecule has 1 aromatic rings. The van der Waals surface area contributed by atoms with Gasteiger partial charge in [-0.25, -0.2) is 4.79 Å². The second-order valence-electron chi connectivity index (χ2n) is 5.59. The van der Waals surface area contributed by atoms with Crippen molar-refractivity contribution in [1.82, 2.24) is 14.8 Å². The minimum atomic E-state index is -0.279. The van der Waals surface area contributed by atoms with E-state index in [1.54, 1.807) is 18.2 Å². The number of hydrogen-bond donors (Lipinski definition) is 0. The topological polar surface area (TPSA) is 54.9 Å². The number of carbonyl (C=O) groups excluding carboxylic acids is 1. The van der Waals surface area contributed by atoms with E-state index in [9.17, 15) is 4.79 Å². The smallest absolute Gasteiger partial charge is 0.410 e. The molecule has 1 amide bonds. The van der Waals surface area contributed by atoms with Gasteiger partial charge in [-0.15, -0.1) is 0 Å². The maximum atomic E-state index is 11.9. The Labute approximate surface area is 141 Å². The zero-order valence-corrected chi connectivity index (χ0v) is 14.3. The largest absolute Gasteiger partial charge is 0.494 e. The molecule has 0 atom stereocenters. The predicted octanol–water partition coefficient (Wildman–Crippen LogP) is 2.57. The normalized spacial score (nSPS) is 15.3. The average molecular weight is 340 g/mol. The summed E-state index contributed by atoms with van der Waals surface area (Å²) < 4.78 is 10.3. The van der Waals surface area contributed by atoms with Gasteiger partial charge in [0, 0.05) is 32.7 Å². The first kappa shape index (κ1) is 17.6. The molecule has 2 rings (SSSR count). The molecule has 1 aliphatic heterocycles. The van der Waals surface area contributed by atoms with Gasteiger partial charge in [-0.2, -0.15) is 0 Å². The van der Waals surface area contributed by atoms with E-state index in [1.165, 1.54) is 0 Å². The van der Waals surface area contributed by atoms with E-state index in [-0.39, 0.29) is 12.7 Å². The molecule has 1 fully saturated rings. The fourth-order valence-electron chi connectivity index (χ4n) is 2.29. The molecule has 23 heavy (non-hydrogen) atoms. The Balaban J connectivity index is 1.81. The first-order valence-electron chi connectivity index (χ1n) is 7.46. The summed E-state index contributed by atoms with van der Waals surface area (Å²) >= 11 is 6.11. The zero-order valence-electron chi connectivity index (χ0n) is 13.5. The minimum Gasteiger partial charge on any atom is -0.494 e. The predicted molar refractivity (Wildman–Crippen MR) is 88.8 cm³/mol. The molecule has 0 unspecified atom stereocenters. The van der Waals surface area contributed by atoms with Crippen molar-refractivity contribution in [3.63, 3.8) is 0 Å². The molecule has 0 N–H and O–H groups in total. The van der Waals surface area contributed by atoms with Gasteiger partial charge < -0.3 is 14.4 Å². The molecule has 1 saturated heterocycles. The summed E-state index contributed by atoms with van der Waals surface area (Å²) in [4.78, 5) is 20.2. The van der Waals surface area contributed by atoms with E-state index < -0.39 is 0 Å². The van der Waals surface area contributed by atoms with Gasteiger partial charge >= 0.3 is 6.09 Å². The number of amides is 1. The number of hydrogen-bond acceptors (Lipinski definition) is 5. The minimum absolute atomic E-state index is 0.271. The highest BCUT2D eigenvalue weighted by Gasteiger charge is 2.22. The van der Waals surface area contributed by atoms with Gasteiger partial charge in [0.2, 0.25) is 0 Å². The van der Waals surface area contributed by atoms with Gasteiger partial charge in [-0.05, 0) is 18.6 Å². The first-order valence-corrected chi connectivity index (χ1v) is 7.84. The van der Waals surface area contributed by atoms with Crippen molar-refractivity contribution in [3.05, 3.63) is 35.1 Å². The molecule has 0 aliphatic carbocycles. The van der Waals surface area contributed by atoms with E-state index in [0.717, 1.165) is 24.4 Å². The lowest BCUT2D eigenvalue weighted by Gasteiger charge is -2.33. The Hall–Kier alpha value is -1.79. The van der Waals surface area contributed by atoms with Gasteiger partial charge in [0.15, 0.2) is 5.75 Å². The molecule has 0 bridgehead atoms. The number of carbonyl (C=O) groups is 1. The molecule has 0 radical (unpaired) electrons. The Bertz CT molecular complexity index is 572. The van der Waals surface area contributed by atoms with E-state index in [0.29, 0.717) is 30.4 Å². The SMILES string of the molecule is C=C(C)COC(=O)N1CCN(Cc2cc(Cl)c(OC)cn2)CC1. The van der Waals surface area contributed by atoms with Crippen molar-refractivity contribution in [1.29, 1.82) is 0 Å². The monoisotopic (exact) mass is 339 g/mol. The van der Waals surface area contributed by atoms with Crippen molar-refractivity contribution in [2.24, 2.45) is 0 Å². The van der Waals surface area contributed by atoms with Crippen LogP contribution in [0.15, 0.2) is 24.4 Å². The summed E-state index contributed by atoms with van der Waals surface area (Å²) in [5.41, 5.74) is 1.72. The van der Waals surface area contributed by atoms with Gasteiger partial charge in [-0.3, -0.25) is 9.88 Å². The summed E-state index contributed by atoms with van der Waals surface area (Å²) in [6.45, 7) is 9.33. The highest BCUT2D eigenvalue weighted by molar-refractivity contribution is 6.32. The third kappa shape index (κ3) is 5.11. The molecule has 126 valence electrons. The number of nitrogens with zero attached hydrogens (tertiary/aromatic N) is 3. The van der Waals surface area contributed by atoms with Crippen molar-refractivity contribution in [2.45, 2.75) is 13.5 Å². The van der Waals surface area contributed by atoms with Crippen LogP contribution in [0.3, 0.4) is 0 Å². The number of aromatic nitrogens is 1. The number of piperazine rings is 1. The van der Waals surface area contributed by atoms with Gasteiger partial charge in [0.05, 0.1) is 24.0 Å². The Kier molecular flexibility index (Phi) is 6.24. The lowest BCUT2D eigenvalue weighted by molar-refractivity contribution is 0.0796. The summed E-state index contributed by atoms with van der Waals surface area (Å²) in [5.74, 6) is 0.570. The van der Waals surface area contributed by atoms with Crippen LogP contribution in [0, 0.1) is 0 Å².